The van der Waals surface area contributed by atoms with Crippen LogP contribution in [0.4, 0.5) is 0 Å². The summed E-state index contributed by atoms with van der Waals surface area (Å²) in [7, 11) is 0. The zero-order valence-corrected chi connectivity index (χ0v) is 11.7. The molecule has 0 aliphatic carbocycles. The minimum absolute atomic E-state index is 0.279. The van der Waals surface area contributed by atoms with Crippen molar-refractivity contribution in [3.63, 3.8) is 0 Å². The normalized spacial score (nSPS) is 20.8. The van der Waals surface area contributed by atoms with Gasteiger partial charge in [-0.3, -0.25) is 0 Å². The molecule has 0 aromatic heterocycles. The van der Waals surface area contributed by atoms with E-state index in [1.54, 1.807) is 0 Å². The van der Waals surface area contributed by atoms with Crippen molar-refractivity contribution >= 4 is 0 Å². The van der Waals surface area contributed by atoms with E-state index in [4.69, 9.17) is 0 Å². The molecular formula is C15H28O. The lowest BCUT2D eigenvalue weighted by atomic mass is 9.75. The highest BCUT2D eigenvalue weighted by molar-refractivity contribution is 5.02. The van der Waals surface area contributed by atoms with Gasteiger partial charge in [0.05, 0.1) is 5.76 Å². The second-order valence-corrected chi connectivity index (χ2v) is 4.87. The minimum Gasteiger partial charge on any atom is -0.512 e. The largest absolute Gasteiger partial charge is 0.512 e. The minimum atomic E-state index is 0.279. The van der Waals surface area contributed by atoms with Gasteiger partial charge < -0.3 is 5.11 Å². The lowest BCUT2D eigenvalue weighted by molar-refractivity contribution is 0.180. The van der Waals surface area contributed by atoms with Crippen LogP contribution in [0.25, 0.3) is 0 Å². The fraction of sp³-hybridized carbons (Fsp3) is 0.733. The first-order valence-corrected chi connectivity index (χ1v) is 6.47. The van der Waals surface area contributed by atoms with E-state index in [9.17, 15) is 5.11 Å². The SMILES string of the molecule is CC=CC(C)C(C)C(/C(O)=C\C)C(C)CC. The third kappa shape index (κ3) is 4.03. The Hall–Kier alpha value is -0.720. The Morgan fingerprint density at radius 2 is 1.75 bits per heavy atom. The fourth-order valence-corrected chi connectivity index (χ4v) is 2.33. The predicted octanol–water partition coefficient (Wildman–Crippen LogP) is 4.96. The van der Waals surface area contributed by atoms with Gasteiger partial charge in [0.2, 0.25) is 0 Å². The molecule has 0 amide bonds. The number of aliphatic hydroxyl groups excluding tert-OH is 1. The van der Waals surface area contributed by atoms with E-state index in [0.29, 0.717) is 23.5 Å². The van der Waals surface area contributed by atoms with E-state index in [2.05, 4.69) is 46.8 Å². The Kier molecular flexibility index (Phi) is 7.20. The number of allylic oxidation sites excluding steroid dienone is 4. The summed E-state index contributed by atoms with van der Waals surface area (Å²) in [6.07, 6.45) is 7.27. The topological polar surface area (TPSA) is 20.2 Å². The molecule has 1 heteroatoms. The van der Waals surface area contributed by atoms with Crippen molar-refractivity contribution in [1.29, 1.82) is 0 Å². The van der Waals surface area contributed by atoms with Crippen LogP contribution in [-0.2, 0) is 0 Å². The third-order valence-electron chi connectivity index (χ3n) is 3.79. The first-order chi connectivity index (χ1) is 7.49. The Morgan fingerprint density at radius 1 is 1.19 bits per heavy atom. The summed E-state index contributed by atoms with van der Waals surface area (Å²) in [6.45, 7) is 12.8. The monoisotopic (exact) mass is 224 g/mol. The molecule has 0 aromatic rings. The molecule has 0 aromatic carbocycles. The molecular weight excluding hydrogens is 196 g/mol. The Labute approximate surface area is 101 Å². The van der Waals surface area contributed by atoms with E-state index < -0.39 is 0 Å². The van der Waals surface area contributed by atoms with Crippen LogP contribution in [-0.4, -0.2) is 5.11 Å². The van der Waals surface area contributed by atoms with Gasteiger partial charge in [0.25, 0.3) is 0 Å². The molecule has 0 saturated heterocycles. The summed E-state index contributed by atoms with van der Waals surface area (Å²) in [6, 6.07) is 0. The molecule has 0 spiro atoms. The van der Waals surface area contributed by atoms with Crippen molar-refractivity contribution in [1.82, 2.24) is 0 Å². The van der Waals surface area contributed by atoms with E-state index in [-0.39, 0.29) is 5.92 Å². The van der Waals surface area contributed by atoms with Gasteiger partial charge in [-0.1, -0.05) is 46.3 Å². The summed E-state index contributed by atoms with van der Waals surface area (Å²) in [4.78, 5) is 0. The van der Waals surface area contributed by atoms with Crippen LogP contribution in [0.15, 0.2) is 24.0 Å². The predicted molar refractivity (Wildman–Crippen MR) is 72.5 cm³/mol. The van der Waals surface area contributed by atoms with Gasteiger partial charge in [0.1, 0.15) is 0 Å². The summed E-state index contributed by atoms with van der Waals surface area (Å²) in [5.41, 5.74) is 0. The second-order valence-electron chi connectivity index (χ2n) is 4.87. The summed E-state index contributed by atoms with van der Waals surface area (Å²) in [5.74, 6) is 2.34. The second kappa shape index (κ2) is 7.54. The van der Waals surface area contributed by atoms with Gasteiger partial charge in [0.15, 0.2) is 0 Å². The van der Waals surface area contributed by atoms with Crippen molar-refractivity contribution < 1.29 is 5.11 Å². The highest BCUT2D eigenvalue weighted by atomic mass is 16.3. The maximum Gasteiger partial charge on any atom is 0.0916 e. The van der Waals surface area contributed by atoms with E-state index in [0.717, 1.165) is 6.42 Å². The third-order valence-corrected chi connectivity index (χ3v) is 3.79. The van der Waals surface area contributed by atoms with Crippen LogP contribution in [0.2, 0.25) is 0 Å². The quantitative estimate of drug-likeness (QED) is 0.499. The van der Waals surface area contributed by atoms with E-state index >= 15 is 0 Å². The first-order valence-electron chi connectivity index (χ1n) is 6.47. The molecule has 0 saturated carbocycles. The van der Waals surface area contributed by atoms with Crippen molar-refractivity contribution in [2.24, 2.45) is 23.7 Å². The average molecular weight is 224 g/mol. The molecule has 0 radical (unpaired) electrons. The molecule has 16 heavy (non-hydrogen) atoms. The van der Waals surface area contributed by atoms with Crippen molar-refractivity contribution in [3.8, 4) is 0 Å². The van der Waals surface area contributed by atoms with Gasteiger partial charge in [-0.05, 0) is 37.7 Å². The molecule has 4 unspecified atom stereocenters. The highest BCUT2D eigenvalue weighted by Gasteiger charge is 2.28. The van der Waals surface area contributed by atoms with Gasteiger partial charge in [-0.25, -0.2) is 0 Å². The van der Waals surface area contributed by atoms with E-state index in [1.807, 2.05) is 13.0 Å². The smallest absolute Gasteiger partial charge is 0.0916 e. The molecule has 0 bridgehead atoms. The molecule has 0 aliphatic rings. The van der Waals surface area contributed by atoms with E-state index in [1.165, 1.54) is 0 Å². The lowest BCUT2D eigenvalue weighted by Crippen LogP contribution is -2.25. The zero-order valence-electron chi connectivity index (χ0n) is 11.7. The number of rotatable bonds is 6. The van der Waals surface area contributed by atoms with Gasteiger partial charge >= 0.3 is 0 Å². The number of hydrogen-bond donors (Lipinski definition) is 1. The van der Waals surface area contributed by atoms with Crippen LogP contribution in [0, 0.1) is 23.7 Å². The van der Waals surface area contributed by atoms with Crippen LogP contribution >= 0.6 is 0 Å². The molecule has 0 rings (SSSR count). The van der Waals surface area contributed by atoms with Gasteiger partial charge in [0, 0.05) is 5.92 Å². The number of hydrogen-bond acceptors (Lipinski definition) is 1. The summed E-state index contributed by atoms with van der Waals surface area (Å²) < 4.78 is 0. The maximum atomic E-state index is 10.0. The number of aliphatic hydroxyl groups is 1. The van der Waals surface area contributed by atoms with Crippen LogP contribution in [0.1, 0.15) is 48.0 Å². The molecule has 1 N–H and O–H groups in total. The van der Waals surface area contributed by atoms with Crippen LogP contribution in [0.5, 0.6) is 0 Å². The fourth-order valence-electron chi connectivity index (χ4n) is 2.33. The van der Waals surface area contributed by atoms with Gasteiger partial charge in [-0.2, -0.15) is 0 Å². The molecule has 0 fully saturated rings. The summed E-state index contributed by atoms with van der Waals surface area (Å²) >= 11 is 0. The Balaban J connectivity index is 4.89. The molecule has 1 nitrogen and oxygen atoms in total. The van der Waals surface area contributed by atoms with Crippen LogP contribution < -0.4 is 0 Å². The van der Waals surface area contributed by atoms with Crippen molar-refractivity contribution in [2.75, 3.05) is 0 Å². The van der Waals surface area contributed by atoms with Gasteiger partial charge in [-0.15, -0.1) is 0 Å². The Bertz CT molecular complexity index is 240. The summed E-state index contributed by atoms with van der Waals surface area (Å²) in [5, 5.41) is 10.0. The first kappa shape index (κ1) is 15.3. The van der Waals surface area contributed by atoms with Crippen LogP contribution in [0.3, 0.4) is 0 Å². The highest BCUT2D eigenvalue weighted by Crippen LogP contribution is 2.34. The molecule has 94 valence electrons. The molecule has 0 aliphatic heterocycles. The molecule has 0 heterocycles. The zero-order chi connectivity index (χ0) is 12.7. The van der Waals surface area contributed by atoms with Crippen molar-refractivity contribution in [3.05, 3.63) is 24.0 Å². The average Bonchev–Trinajstić information content (AvgIpc) is 2.28. The lowest BCUT2D eigenvalue weighted by Gasteiger charge is -2.31. The standard InChI is InChI=1S/C15H28O/c1-7-10-12(5)13(6)15(11(4)8-2)14(16)9-3/h7,9-13,15-16H,8H2,1-6H3/b10-7?,14-9+. The van der Waals surface area contributed by atoms with Crippen molar-refractivity contribution in [2.45, 2.75) is 48.0 Å². The Morgan fingerprint density at radius 3 is 2.12 bits per heavy atom. The maximum absolute atomic E-state index is 10.0. The molecule has 4 atom stereocenters.